The van der Waals surface area contributed by atoms with Gasteiger partial charge < -0.3 is 10.6 Å². The standard InChI is InChI=1S/C14H13N7O2S/c1-8-3-4-10(5-12(8)21-7-15-19-20-21)17-13(23)11-6-24-14(18-11)16-9(2)22/h3-7H,1-2H3,(H,17,23)(H,16,18,22). The number of hydrogen-bond acceptors (Lipinski definition) is 7. The van der Waals surface area contributed by atoms with Crippen LogP contribution in [0.15, 0.2) is 29.9 Å². The Morgan fingerprint density at radius 2 is 2.08 bits per heavy atom. The first kappa shape index (κ1) is 15.7. The molecule has 3 rings (SSSR count). The zero-order valence-electron chi connectivity index (χ0n) is 12.8. The van der Waals surface area contributed by atoms with Crippen molar-refractivity contribution in [2.75, 3.05) is 10.6 Å². The molecule has 0 aliphatic heterocycles. The number of aryl methyl sites for hydroxylation is 1. The number of nitrogens with one attached hydrogen (secondary N) is 2. The van der Waals surface area contributed by atoms with Crippen LogP contribution in [0.5, 0.6) is 0 Å². The summed E-state index contributed by atoms with van der Waals surface area (Å²) < 4.78 is 1.52. The molecule has 2 aromatic heterocycles. The second-order valence-electron chi connectivity index (χ2n) is 4.93. The number of hydrogen-bond donors (Lipinski definition) is 2. The van der Waals surface area contributed by atoms with Crippen LogP contribution in [0.3, 0.4) is 0 Å². The van der Waals surface area contributed by atoms with Crippen LogP contribution in [0.1, 0.15) is 23.0 Å². The van der Waals surface area contributed by atoms with E-state index in [1.54, 1.807) is 17.5 Å². The third kappa shape index (κ3) is 3.43. The Kier molecular flexibility index (Phi) is 4.29. The maximum Gasteiger partial charge on any atom is 0.275 e. The molecule has 0 unspecified atom stereocenters. The minimum Gasteiger partial charge on any atom is -0.321 e. The van der Waals surface area contributed by atoms with E-state index in [1.807, 2.05) is 13.0 Å². The smallest absolute Gasteiger partial charge is 0.275 e. The Bertz CT molecular complexity index is 888. The molecule has 0 aliphatic carbocycles. The first-order valence-corrected chi connectivity index (χ1v) is 7.79. The number of anilines is 2. The summed E-state index contributed by atoms with van der Waals surface area (Å²) in [6, 6.07) is 5.41. The molecule has 2 N–H and O–H groups in total. The van der Waals surface area contributed by atoms with Gasteiger partial charge in [0.15, 0.2) is 5.13 Å². The molecule has 9 nitrogen and oxygen atoms in total. The maximum absolute atomic E-state index is 12.3. The third-order valence-electron chi connectivity index (χ3n) is 3.08. The van der Waals surface area contributed by atoms with Gasteiger partial charge in [0.05, 0.1) is 5.69 Å². The SMILES string of the molecule is CC(=O)Nc1nc(C(=O)Nc2ccc(C)c(-n3cnnn3)c2)cs1. The van der Waals surface area contributed by atoms with Crippen molar-refractivity contribution >= 4 is 34.0 Å². The first-order chi connectivity index (χ1) is 11.5. The summed E-state index contributed by atoms with van der Waals surface area (Å²) in [7, 11) is 0. The topological polar surface area (TPSA) is 115 Å². The van der Waals surface area contributed by atoms with Gasteiger partial charge in [0.1, 0.15) is 12.0 Å². The van der Waals surface area contributed by atoms with E-state index in [-0.39, 0.29) is 17.5 Å². The quantitative estimate of drug-likeness (QED) is 0.744. The van der Waals surface area contributed by atoms with Crippen molar-refractivity contribution in [2.45, 2.75) is 13.8 Å². The molecule has 0 bridgehead atoms. The number of amides is 2. The van der Waals surface area contributed by atoms with E-state index >= 15 is 0 Å². The molecular weight excluding hydrogens is 330 g/mol. The Hall–Kier alpha value is -3.14. The van der Waals surface area contributed by atoms with E-state index in [0.717, 1.165) is 11.3 Å². The minimum atomic E-state index is -0.366. The Labute approximate surface area is 140 Å². The fourth-order valence-electron chi connectivity index (χ4n) is 1.99. The van der Waals surface area contributed by atoms with Gasteiger partial charge in [-0.2, -0.15) is 0 Å². The fourth-order valence-corrected chi connectivity index (χ4v) is 2.72. The monoisotopic (exact) mass is 343 g/mol. The summed E-state index contributed by atoms with van der Waals surface area (Å²) in [6.45, 7) is 3.30. The van der Waals surface area contributed by atoms with Crippen LogP contribution in [0.4, 0.5) is 10.8 Å². The normalized spacial score (nSPS) is 10.4. The largest absolute Gasteiger partial charge is 0.321 e. The Balaban J connectivity index is 1.78. The van der Waals surface area contributed by atoms with Crippen molar-refractivity contribution in [3.05, 3.63) is 41.2 Å². The molecule has 10 heteroatoms. The number of nitrogens with zero attached hydrogens (tertiary/aromatic N) is 5. The van der Waals surface area contributed by atoms with Crippen molar-refractivity contribution < 1.29 is 9.59 Å². The highest BCUT2D eigenvalue weighted by Gasteiger charge is 2.13. The van der Waals surface area contributed by atoms with E-state index in [1.165, 1.54) is 29.3 Å². The molecule has 0 aliphatic rings. The highest BCUT2D eigenvalue weighted by molar-refractivity contribution is 7.14. The van der Waals surface area contributed by atoms with Crippen molar-refractivity contribution in [2.24, 2.45) is 0 Å². The molecule has 0 spiro atoms. The van der Waals surface area contributed by atoms with Gasteiger partial charge in [0.25, 0.3) is 5.91 Å². The highest BCUT2D eigenvalue weighted by atomic mass is 32.1. The third-order valence-corrected chi connectivity index (χ3v) is 3.84. The predicted molar refractivity (Wildman–Crippen MR) is 88.3 cm³/mol. The molecule has 122 valence electrons. The Morgan fingerprint density at radius 3 is 2.79 bits per heavy atom. The van der Waals surface area contributed by atoms with Crippen LogP contribution < -0.4 is 10.6 Å². The molecule has 2 heterocycles. The van der Waals surface area contributed by atoms with Crippen molar-refractivity contribution in [3.8, 4) is 5.69 Å². The van der Waals surface area contributed by atoms with E-state index < -0.39 is 0 Å². The molecule has 2 amide bonds. The van der Waals surface area contributed by atoms with Crippen LogP contribution in [0.2, 0.25) is 0 Å². The number of aromatic nitrogens is 5. The van der Waals surface area contributed by atoms with Gasteiger partial charge >= 0.3 is 0 Å². The average molecular weight is 343 g/mol. The summed E-state index contributed by atoms with van der Waals surface area (Å²) in [5.41, 5.74) is 2.54. The second kappa shape index (κ2) is 6.54. The second-order valence-corrected chi connectivity index (χ2v) is 5.79. The minimum absolute atomic E-state index is 0.230. The van der Waals surface area contributed by atoms with E-state index in [4.69, 9.17) is 0 Å². The number of carbonyl (C=O) groups excluding carboxylic acids is 2. The van der Waals surface area contributed by atoms with Crippen molar-refractivity contribution in [3.63, 3.8) is 0 Å². The van der Waals surface area contributed by atoms with Gasteiger partial charge in [0, 0.05) is 18.0 Å². The van der Waals surface area contributed by atoms with Crippen molar-refractivity contribution in [1.29, 1.82) is 0 Å². The predicted octanol–water partition coefficient (Wildman–Crippen LogP) is 1.64. The molecule has 24 heavy (non-hydrogen) atoms. The van der Waals surface area contributed by atoms with Gasteiger partial charge in [-0.3, -0.25) is 9.59 Å². The van der Waals surface area contributed by atoms with Gasteiger partial charge in [-0.1, -0.05) is 6.07 Å². The summed E-state index contributed by atoms with van der Waals surface area (Å²) in [4.78, 5) is 27.3. The molecule has 0 saturated heterocycles. The lowest BCUT2D eigenvalue weighted by Crippen LogP contribution is -2.13. The Morgan fingerprint density at radius 1 is 1.25 bits per heavy atom. The highest BCUT2D eigenvalue weighted by Crippen LogP contribution is 2.20. The number of rotatable bonds is 4. The van der Waals surface area contributed by atoms with Gasteiger partial charge in [-0.25, -0.2) is 9.67 Å². The average Bonchev–Trinajstić information content (AvgIpc) is 3.20. The van der Waals surface area contributed by atoms with Crippen LogP contribution in [-0.2, 0) is 4.79 Å². The van der Waals surface area contributed by atoms with Crippen LogP contribution in [0, 0.1) is 6.92 Å². The van der Waals surface area contributed by atoms with E-state index in [9.17, 15) is 9.59 Å². The molecule has 0 atom stereocenters. The number of benzene rings is 1. The first-order valence-electron chi connectivity index (χ1n) is 6.91. The zero-order valence-corrected chi connectivity index (χ0v) is 13.7. The molecule has 1 aromatic carbocycles. The zero-order chi connectivity index (χ0) is 17.1. The number of tetrazole rings is 1. The van der Waals surface area contributed by atoms with Crippen LogP contribution in [0.25, 0.3) is 5.69 Å². The molecular formula is C14H13N7O2S. The maximum atomic E-state index is 12.3. The van der Waals surface area contributed by atoms with E-state index in [2.05, 4.69) is 31.1 Å². The lowest BCUT2D eigenvalue weighted by molar-refractivity contribution is -0.114. The molecule has 0 saturated carbocycles. The number of carbonyl (C=O) groups is 2. The summed E-state index contributed by atoms with van der Waals surface area (Å²) in [6.07, 6.45) is 1.48. The molecule has 0 radical (unpaired) electrons. The number of thiazole rings is 1. The summed E-state index contributed by atoms with van der Waals surface area (Å²) in [5.74, 6) is -0.602. The molecule has 3 aromatic rings. The lowest BCUT2D eigenvalue weighted by Gasteiger charge is -2.08. The van der Waals surface area contributed by atoms with Crippen LogP contribution >= 0.6 is 11.3 Å². The summed E-state index contributed by atoms with van der Waals surface area (Å²) >= 11 is 1.19. The lowest BCUT2D eigenvalue weighted by atomic mass is 10.2. The van der Waals surface area contributed by atoms with Crippen molar-refractivity contribution in [1.82, 2.24) is 25.2 Å². The summed E-state index contributed by atoms with van der Waals surface area (Å²) in [5, 5.41) is 18.3. The van der Waals surface area contributed by atoms with Gasteiger partial charge in [-0.05, 0) is 35.0 Å². The van der Waals surface area contributed by atoms with Gasteiger partial charge in [0.2, 0.25) is 5.91 Å². The van der Waals surface area contributed by atoms with Gasteiger partial charge in [-0.15, -0.1) is 16.4 Å². The van der Waals surface area contributed by atoms with E-state index in [0.29, 0.717) is 10.8 Å². The fraction of sp³-hybridized carbons (Fsp3) is 0.143. The molecule has 0 fully saturated rings. The van der Waals surface area contributed by atoms with Crippen LogP contribution in [-0.4, -0.2) is 37.0 Å².